The molecular weight excluding hydrogens is 200 g/mol. The lowest BCUT2D eigenvalue weighted by Gasteiger charge is -2.14. The maximum atomic E-state index is 8.76. The summed E-state index contributed by atoms with van der Waals surface area (Å²) < 4.78 is 5.38. The molecule has 0 radical (unpaired) electrons. The van der Waals surface area contributed by atoms with E-state index < -0.39 is 0 Å². The number of methoxy groups -OCH3 is 1. The number of aryl methyl sites for hydroxylation is 1. The van der Waals surface area contributed by atoms with E-state index in [4.69, 9.17) is 9.84 Å². The van der Waals surface area contributed by atoms with Crippen molar-refractivity contribution in [3.8, 4) is 0 Å². The zero-order valence-electron chi connectivity index (χ0n) is 10.1. The SMILES string of the molecule is COC(CCCO)CCCc1ccccc1. The van der Waals surface area contributed by atoms with Crippen molar-refractivity contribution in [1.82, 2.24) is 0 Å². The Labute approximate surface area is 98.3 Å². The van der Waals surface area contributed by atoms with Gasteiger partial charge in [0.15, 0.2) is 0 Å². The van der Waals surface area contributed by atoms with Crippen LogP contribution < -0.4 is 0 Å². The number of hydrogen-bond donors (Lipinski definition) is 1. The van der Waals surface area contributed by atoms with Crippen LogP contribution in [0.25, 0.3) is 0 Å². The van der Waals surface area contributed by atoms with Crippen molar-refractivity contribution in [3.63, 3.8) is 0 Å². The average Bonchev–Trinajstić information content (AvgIpc) is 2.35. The van der Waals surface area contributed by atoms with E-state index in [1.54, 1.807) is 7.11 Å². The lowest BCUT2D eigenvalue weighted by Crippen LogP contribution is -2.11. The van der Waals surface area contributed by atoms with Gasteiger partial charge in [0.05, 0.1) is 6.10 Å². The van der Waals surface area contributed by atoms with Gasteiger partial charge in [-0.15, -0.1) is 0 Å². The van der Waals surface area contributed by atoms with Crippen molar-refractivity contribution in [2.75, 3.05) is 13.7 Å². The first-order valence-electron chi connectivity index (χ1n) is 6.04. The van der Waals surface area contributed by atoms with Gasteiger partial charge in [0.1, 0.15) is 0 Å². The maximum Gasteiger partial charge on any atom is 0.0572 e. The minimum absolute atomic E-state index is 0.262. The Kier molecular flexibility index (Phi) is 6.86. The number of aliphatic hydroxyl groups excluding tert-OH is 1. The second-order valence-electron chi connectivity index (χ2n) is 4.10. The molecule has 2 nitrogen and oxygen atoms in total. The minimum atomic E-state index is 0.262. The molecule has 0 fully saturated rings. The molecule has 1 aromatic carbocycles. The molecule has 0 heterocycles. The molecule has 0 spiro atoms. The normalized spacial score (nSPS) is 12.6. The average molecular weight is 222 g/mol. The molecule has 0 saturated carbocycles. The quantitative estimate of drug-likeness (QED) is 0.733. The Bertz CT molecular complexity index is 259. The van der Waals surface area contributed by atoms with Gasteiger partial charge in [-0.25, -0.2) is 0 Å². The standard InChI is InChI=1S/C14H22O2/c1-16-14(11-6-12-15)10-5-9-13-7-3-2-4-8-13/h2-4,7-8,14-15H,5-6,9-12H2,1H3. The van der Waals surface area contributed by atoms with Crippen LogP contribution in [0.2, 0.25) is 0 Å². The van der Waals surface area contributed by atoms with E-state index in [1.165, 1.54) is 5.56 Å². The highest BCUT2D eigenvalue weighted by molar-refractivity contribution is 5.14. The van der Waals surface area contributed by atoms with Crippen LogP contribution in [0.15, 0.2) is 30.3 Å². The first kappa shape index (κ1) is 13.2. The molecule has 1 rings (SSSR count). The van der Waals surface area contributed by atoms with Crippen molar-refractivity contribution >= 4 is 0 Å². The Balaban J connectivity index is 2.18. The van der Waals surface area contributed by atoms with Gasteiger partial charge in [-0.2, -0.15) is 0 Å². The minimum Gasteiger partial charge on any atom is -0.396 e. The van der Waals surface area contributed by atoms with Crippen molar-refractivity contribution in [3.05, 3.63) is 35.9 Å². The number of rotatable bonds is 8. The van der Waals surface area contributed by atoms with Crippen LogP contribution in [0.5, 0.6) is 0 Å². The van der Waals surface area contributed by atoms with E-state index in [9.17, 15) is 0 Å². The van der Waals surface area contributed by atoms with Crippen molar-refractivity contribution in [2.24, 2.45) is 0 Å². The number of ether oxygens (including phenoxy) is 1. The van der Waals surface area contributed by atoms with E-state index in [0.29, 0.717) is 6.10 Å². The molecule has 0 aromatic heterocycles. The zero-order valence-corrected chi connectivity index (χ0v) is 10.1. The largest absolute Gasteiger partial charge is 0.396 e. The Morgan fingerprint density at radius 1 is 1.12 bits per heavy atom. The van der Waals surface area contributed by atoms with Gasteiger partial charge in [0.2, 0.25) is 0 Å². The van der Waals surface area contributed by atoms with Gasteiger partial charge in [-0.05, 0) is 37.7 Å². The van der Waals surface area contributed by atoms with Crippen LogP contribution in [0.4, 0.5) is 0 Å². The molecule has 1 atom stereocenters. The molecule has 1 unspecified atom stereocenters. The molecule has 16 heavy (non-hydrogen) atoms. The van der Waals surface area contributed by atoms with E-state index >= 15 is 0 Å². The summed E-state index contributed by atoms with van der Waals surface area (Å²) in [5, 5.41) is 8.76. The van der Waals surface area contributed by atoms with Gasteiger partial charge >= 0.3 is 0 Å². The molecule has 2 heteroatoms. The highest BCUT2D eigenvalue weighted by atomic mass is 16.5. The van der Waals surface area contributed by atoms with Crippen molar-refractivity contribution in [1.29, 1.82) is 0 Å². The highest BCUT2D eigenvalue weighted by Crippen LogP contribution is 2.11. The van der Waals surface area contributed by atoms with Crippen LogP contribution >= 0.6 is 0 Å². The summed E-state index contributed by atoms with van der Waals surface area (Å²) in [6, 6.07) is 10.5. The Morgan fingerprint density at radius 2 is 1.81 bits per heavy atom. The second kappa shape index (κ2) is 8.31. The fourth-order valence-electron chi connectivity index (χ4n) is 1.88. The molecular formula is C14H22O2. The second-order valence-corrected chi connectivity index (χ2v) is 4.10. The fourth-order valence-corrected chi connectivity index (χ4v) is 1.88. The van der Waals surface area contributed by atoms with Crippen LogP contribution in [-0.2, 0) is 11.2 Å². The summed E-state index contributed by atoms with van der Waals surface area (Å²) in [6.45, 7) is 0.262. The Hall–Kier alpha value is -0.860. The van der Waals surface area contributed by atoms with Crippen LogP contribution in [-0.4, -0.2) is 24.9 Å². The predicted molar refractivity (Wildman–Crippen MR) is 66.5 cm³/mol. The summed E-state index contributed by atoms with van der Waals surface area (Å²) >= 11 is 0. The summed E-state index contributed by atoms with van der Waals surface area (Å²) in [5.41, 5.74) is 1.39. The number of aliphatic hydroxyl groups is 1. The molecule has 90 valence electrons. The molecule has 0 aliphatic carbocycles. The van der Waals surface area contributed by atoms with Gasteiger partial charge in [0.25, 0.3) is 0 Å². The third-order valence-electron chi connectivity index (χ3n) is 2.85. The van der Waals surface area contributed by atoms with Crippen LogP contribution in [0.3, 0.4) is 0 Å². The molecule has 0 aliphatic heterocycles. The summed E-state index contributed by atoms with van der Waals surface area (Å²) in [6.07, 6.45) is 5.43. The lowest BCUT2D eigenvalue weighted by molar-refractivity contribution is 0.0794. The number of benzene rings is 1. The van der Waals surface area contributed by atoms with Gasteiger partial charge in [0, 0.05) is 13.7 Å². The fraction of sp³-hybridized carbons (Fsp3) is 0.571. The molecule has 0 saturated heterocycles. The topological polar surface area (TPSA) is 29.5 Å². The zero-order chi connectivity index (χ0) is 11.6. The smallest absolute Gasteiger partial charge is 0.0572 e. The first-order chi connectivity index (χ1) is 7.86. The summed E-state index contributed by atoms with van der Waals surface area (Å²) in [7, 11) is 1.75. The van der Waals surface area contributed by atoms with E-state index in [2.05, 4.69) is 24.3 Å². The first-order valence-corrected chi connectivity index (χ1v) is 6.04. The molecule has 1 aromatic rings. The number of hydrogen-bond acceptors (Lipinski definition) is 2. The van der Waals surface area contributed by atoms with Crippen LogP contribution in [0, 0.1) is 0 Å². The molecule has 0 bridgehead atoms. The van der Waals surface area contributed by atoms with E-state index in [0.717, 1.165) is 32.1 Å². The molecule has 0 amide bonds. The summed E-state index contributed by atoms with van der Waals surface area (Å²) in [4.78, 5) is 0. The maximum absolute atomic E-state index is 8.76. The predicted octanol–water partition coefficient (Wildman–Crippen LogP) is 2.80. The molecule has 0 aliphatic rings. The van der Waals surface area contributed by atoms with Gasteiger partial charge in [-0.1, -0.05) is 30.3 Å². The summed E-state index contributed by atoms with van der Waals surface area (Å²) in [5.74, 6) is 0. The van der Waals surface area contributed by atoms with Crippen LogP contribution in [0.1, 0.15) is 31.2 Å². The van der Waals surface area contributed by atoms with Crippen molar-refractivity contribution < 1.29 is 9.84 Å². The highest BCUT2D eigenvalue weighted by Gasteiger charge is 2.06. The third-order valence-corrected chi connectivity index (χ3v) is 2.85. The monoisotopic (exact) mass is 222 g/mol. The lowest BCUT2D eigenvalue weighted by atomic mass is 10.0. The van der Waals surface area contributed by atoms with E-state index in [-0.39, 0.29) is 6.61 Å². The molecule has 1 N–H and O–H groups in total. The van der Waals surface area contributed by atoms with Gasteiger partial charge in [-0.3, -0.25) is 0 Å². The van der Waals surface area contributed by atoms with Crippen molar-refractivity contribution in [2.45, 2.75) is 38.2 Å². The van der Waals surface area contributed by atoms with E-state index in [1.807, 2.05) is 6.07 Å². The van der Waals surface area contributed by atoms with Gasteiger partial charge < -0.3 is 9.84 Å². The third kappa shape index (κ3) is 5.29. The Morgan fingerprint density at radius 3 is 2.44 bits per heavy atom.